The summed E-state index contributed by atoms with van der Waals surface area (Å²) in [5.74, 6) is 0.273. The Morgan fingerprint density at radius 1 is 0.929 bits per heavy atom. The molecule has 0 radical (unpaired) electrons. The third kappa shape index (κ3) is 5.45. The zero-order chi connectivity index (χ0) is 29.3. The number of aromatic nitrogens is 3. The lowest BCUT2D eigenvalue weighted by Gasteiger charge is -2.33. The summed E-state index contributed by atoms with van der Waals surface area (Å²) in [6.07, 6.45) is 8.43. The van der Waals surface area contributed by atoms with Gasteiger partial charge < -0.3 is 18.6 Å². The van der Waals surface area contributed by atoms with E-state index in [0.29, 0.717) is 24.0 Å². The molecule has 0 atom stereocenters. The fourth-order valence-corrected chi connectivity index (χ4v) is 6.58. The fraction of sp³-hybridized carbons (Fsp3) is 0.219. The molecule has 0 N–H and O–H groups in total. The van der Waals surface area contributed by atoms with E-state index in [0.717, 1.165) is 35.2 Å². The summed E-state index contributed by atoms with van der Waals surface area (Å²) < 4.78 is 33.9. The van der Waals surface area contributed by atoms with Gasteiger partial charge >= 0.3 is 10.1 Å². The van der Waals surface area contributed by atoms with Crippen LogP contribution in [0.25, 0.3) is 22.0 Å². The number of imidazole rings is 1. The van der Waals surface area contributed by atoms with Crippen molar-refractivity contribution in [2.75, 3.05) is 32.1 Å². The molecule has 1 aliphatic heterocycles. The second-order valence-corrected chi connectivity index (χ2v) is 12.1. The van der Waals surface area contributed by atoms with Gasteiger partial charge in [-0.25, -0.2) is 4.98 Å². The van der Waals surface area contributed by atoms with E-state index in [9.17, 15) is 13.2 Å². The standard InChI is InChI=1S/C32H31N5O4S/c1-35(2)27-7-3-5-24(19-27)32(38)36-17-14-26(15-18-36)37-22-34-21-30(37)23-9-11-28(12-10-23)41-42(39,40)31-8-4-6-25-20-33-16-13-29(25)31/h3-13,16,19-22,26H,14-15,17-18H2,1-2H3. The van der Waals surface area contributed by atoms with E-state index in [2.05, 4.69) is 14.5 Å². The molecule has 1 saturated heterocycles. The number of piperidine rings is 1. The predicted molar refractivity (Wildman–Crippen MR) is 162 cm³/mol. The van der Waals surface area contributed by atoms with Gasteiger partial charge in [-0.3, -0.25) is 9.78 Å². The van der Waals surface area contributed by atoms with Crippen LogP contribution in [0.1, 0.15) is 29.2 Å². The van der Waals surface area contributed by atoms with E-state index in [-0.39, 0.29) is 22.6 Å². The van der Waals surface area contributed by atoms with E-state index in [1.807, 2.05) is 72.7 Å². The molecule has 6 rings (SSSR count). The molecule has 1 aliphatic rings. The summed E-state index contributed by atoms with van der Waals surface area (Å²) >= 11 is 0. The minimum Gasteiger partial charge on any atom is -0.379 e. The zero-order valence-electron chi connectivity index (χ0n) is 23.4. The smallest absolute Gasteiger partial charge is 0.339 e. The van der Waals surface area contributed by atoms with Crippen LogP contribution in [0.5, 0.6) is 5.75 Å². The van der Waals surface area contributed by atoms with E-state index in [4.69, 9.17) is 4.18 Å². The summed E-state index contributed by atoms with van der Waals surface area (Å²) in [6, 6.07) is 21.6. The highest BCUT2D eigenvalue weighted by Crippen LogP contribution is 2.32. The van der Waals surface area contributed by atoms with Gasteiger partial charge in [-0.2, -0.15) is 8.42 Å². The monoisotopic (exact) mass is 581 g/mol. The fourth-order valence-electron chi connectivity index (χ4n) is 5.43. The second-order valence-electron chi connectivity index (χ2n) is 10.6. The van der Waals surface area contributed by atoms with Crippen LogP contribution in [0, 0.1) is 0 Å². The summed E-state index contributed by atoms with van der Waals surface area (Å²) in [5, 5.41) is 1.28. The summed E-state index contributed by atoms with van der Waals surface area (Å²) in [5.41, 5.74) is 3.52. The lowest BCUT2D eigenvalue weighted by molar-refractivity contribution is 0.0695. The van der Waals surface area contributed by atoms with Crippen LogP contribution in [0.2, 0.25) is 0 Å². The first-order valence-electron chi connectivity index (χ1n) is 13.8. The van der Waals surface area contributed by atoms with Crippen molar-refractivity contribution >= 4 is 32.5 Å². The highest BCUT2D eigenvalue weighted by atomic mass is 32.2. The summed E-state index contributed by atoms with van der Waals surface area (Å²) in [4.78, 5) is 25.6. The van der Waals surface area contributed by atoms with Gasteiger partial charge in [0.05, 0.1) is 18.2 Å². The number of carbonyl (C=O) groups excluding carboxylic acids is 1. The highest BCUT2D eigenvalue weighted by Gasteiger charge is 2.26. The van der Waals surface area contributed by atoms with Gasteiger partial charge in [0.25, 0.3) is 5.91 Å². The van der Waals surface area contributed by atoms with Crippen LogP contribution in [0.15, 0.2) is 103 Å². The highest BCUT2D eigenvalue weighted by molar-refractivity contribution is 7.87. The van der Waals surface area contributed by atoms with Gasteiger partial charge in [0, 0.05) is 73.2 Å². The number of likely N-dealkylation sites (tertiary alicyclic amines) is 1. The number of rotatable bonds is 7. The molecule has 214 valence electrons. The number of hydrogen-bond acceptors (Lipinski definition) is 7. The molecular formula is C32H31N5O4S. The molecule has 0 saturated carbocycles. The number of benzene rings is 3. The van der Waals surface area contributed by atoms with Crippen molar-refractivity contribution in [1.29, 1.82) is 0 Å². The average molecular weight is 582 g/mol. The SMILES string of the molecule is CN(C)c1cccc(C(=O)N2CCC(n3cncc3-c3ccc(OS(=O)(=O)c4cccc5cnccc45)cc3)CC2)c1. The number of nitrogens with zero attached hydrogens (tertiary/aromatic N) is 5. The van der Waals surface area contributed by atoms with Gasteiger partial charge in [-0.05, 0) is 67.4 Å². The number of hydrogen-bond donors (Lipinski definition) is 0. The van der Waals surface area contributed by atoms with Gasteiger partial charge in [-0.15, -0.1) is 0 Å². The number of anilines is 1. The first kappa shape index (κ1) is 27.5. The second kappa shape index (κ2) is 11.3. The molecule has 1 fully saturated rings. The number of pyridine rings is 1. The number of carbonyl (C=O) groups is 1. The normalized spacial score (nSPS) is 14.2. The molecule has 3 heterocycles. The summed E-state index contributed by atoms with van der Waals surface area (Å²) in [7, 11) is -0.125. The van der Waals surface area contributed by atoms with Crippen molar-refractivity contribution in [2.45, 2.75) is 23.8 Å². The molecule has 0 spiro atoms. The van der Waals surface area contributed by atoms with Gasteiger partial charge in [0.1, 0.15) is 10.6 Å². The molecular weight excluding hydrogens is 550 g/mol. The van der Waals surface area contributed by atoms with E-state index in [1.54, 1.807) is 42.9 Å². The van der Waals surface area contributed by atoms with Crippen LogP contribution in [0.3, 0.4) is 0 Å². The van der Waals surface area contributed by atoms with Crippen molar-refractivity contribution in [2.24, 2.45) is 0 Å². The van der Waals surface area contributed by atoms with Gasteiger partial charge in [0.15, 0.2) is 0 Å². The molecule has 10 heteroatoms. The molecule has 0 bridgehead atoms. The Kier molecular flexibility index (Phi) is 7.38. The predicted octanol–water partition coefficient (Wildman–Crippen LogP) is 5.41. The Bertz CT molecular complexity index is 1840. The van der Waals surface area contributed by atoms with Crippen LogP contribution < -0.4 is 9.08 Å². The molecule has 42 heavy (non-hydrogen) atoms. The van der Waals surface area contributed by atoms with Crippen LogP contribution >= 0.6 is 0 Å². The zero-order valence-corrected chi connectivity index (χ0v) is 24.2. The molecule has 2 aromatic heterocycles. The van der Waals surface area contributed by atoms with Crippen LogP contribution in [-0.2, 0) is 10.1 Å². The Morgan fingerprint density at radius 2 is 1.69 bits per heavy atom. The average Bonchev–Trinajstić information content (AvgIpc) is 3.51. The van der Waals surface area contributed by atoms with Gasteiger partial charge in [0.2, 0.25) is 0 Å². The van der Waals surface area contributed by atoms with Crippen molar-refractivity contribution in [1.82, 2.24) is 19.4 Å². The Balaban J connectivity index is 1.14. The lowest BCUT2D eigenvalue weighted by atomic mass is 10.0. The molecule has 1 amide bonds. The van der Waals surface area contributed by atoms with Crippen molar-refractivity contribution in [3.63, 3.8) is 0 Å². The van der Waals surface area contributed by atoms with E-state index < -0.39 is 10.1 Å². The Labute approximate surface area is 245 Å². The Morgan fingerprint density at radius 3 is 2.45 bits per heavy atom. The van der Waals surface area contributed by atoms with E-state index >= 15 is 0 Å². The van der Waals surface area contributed by atoms with Crippen LogP contribution in [-0.4, -0.2) is 60.9 Å². The minimum atomic E-state index is -4.05. The topological polar surface area (TPSA) is 97.6 Å². The first-order valence-corrected chi connectivity index (χ1v) is 15.2. The molecule has 0 unspecified atom stereocenters. The van der Waals surface area contributed by atoms with Gasteiger partial charge in [-0.1, -0.05) is 18.2 Å². The maximum atomic E-state index is 13.2. The first-order chi connectivity index (χ1) is 20.3. The summed E-state index contributed by atoms with van der Waals surface area (Å²) in [6.45, 7) is 1.31. The lowest BCUT2D eigenvalue weighted by Crippen LogP contribution is -2.39. The third-order valence-electron chi connectivity index (χ3n) is 7.69. The minimum absolute atomic E-state index is 0.0497. The molecule has 5 aromatic rings. The van der Waals surface area contributed by atoms with Crippen molar-refractivity contribution in [3.8, 4) is 17.0 Å². The molecule has 3 aromatic carbocycles. The number of fused-ring (bicyclic) bond motifs is 1. The maximum absolute atomic E-state index is 13.2. The number of amides is 1. The maximum Gasteiger partial charge on any atom is 0.339 e. The quantitative estimate of drug-likeness (QED) is 0.237. The third-order valence-corrected chi connectivity index (χ3v) is 8.99. The molecule has 9 nitrogen and oxygen atoms in total. The van der Waals surface area contributed by atoms with E-state index in [1.165, 1.54) is 6.07 Å². The Hall–Kier alpha value is -4.70. The largest absolute Gasteiger partial charge is 0.379 e. The van der Waals surface area contributed by atoms with Crippen molar-refractivity contribution < 1.29 is 17.4 Å². The van der Waals surface area contributed by atoms with Crippen LogP contribution in [0.4, 0.5) is 5.69 Å². The molecule has 0 aliphatic carbocycles. The van der Waals surface area contributed by atoms with Crippen molar-refractivity contribution in [3.05, 3.63) is 103 Å².